The van der Waals surface area contributed by atoms with Crippen LogP contribution in [0.5, 0.6) is 0 Å². The van der Waals surface area contributed by atoms with Crippen LogP contribution in [0.3, 0.4) is 0 Å². The smallest absolute Gasteiger partial charge is 0.337 e. The monoisotopic (exact) mass is 551 g/mol. The number of nitrogens with two attached hydrogens (primary N) is 1. The molecule has 5 N–H and O–H groups in total. The molecule has 39 heavy (non-hydrogen) atoms. The summed E-state index contributed by atoms with van der Waals surface area (Å²) in [6.45, 7) is 0.845. The van der Waals surface area contributed by atoms with E-state index >= 15 is 0 Å². The summed E-state index contributed by atoms with van der Waals surface area (Å²) in [5.74, 6) is -4.25. The Bertz CT molecular complexity index is 1290. The van der Waals surface area contributed by atoms with Gasteiger partial charge in [0.1, 0.15) is 36.3 Å². The van der Waals surface area contributed by atoms with Crippen molar-refractivity contribution in [1.29, 1.82) is 0 Å². The number of nitrogens with zero attached hydrogens (tertiary/aromatic N) is 4. The van der Waals surface area contributed by atoms with E-state index in [1.807, 2.05) is 0 Å². The lowest BCUT2D eigenvalue weighted by atomic mass is 9.84. The number of esters is 2. The van der Waals surface area contributed by atoms with Crippen LogP contribution < -0.4 is 5.73 Å². The molecular weight excluding hydrogens is 522 g/mol. The molecule has 0 saturated carbocycles. The van der Waals surface area contributed by atoms with Gasteiger partial charge in [-0.3, -0.25) is 4.57 Å². The molecule has 16 nitrogen and oxygen atoms in total. The van der Waals surface area contributed by atoms with Crippen LogP contribution in [-0.2, 0) is 38.0 Å². The fraction of sp³-hybridized carbons (Fsp3) is 0.609. The Kier molecular flexibility index (Phi) is 7.27. The standard InChI is InChI=1S/C23H29N5O11/c1-4-9(6-29)21(31)38-17-13(30)15(22(32)35-3)37-11-5-10-14(39-23(11,17)33)16(34-2)20(36-10)28-8-27-12-18(24)25-7-26-19(12)28/h4,7-8,10-11,13-17,20,29-30,33H,5-6H2,1-3H3,(H2,24,25,26)/t10-,11-,13-,14+,15+,16-,17+,20-,23-/m1/s1. The molecule has 2 aromatic heterocycles. The van der Waals surface area contributed by atoms with E-state index in [1.165, 1.54) is 32.8 Å². The van der Waals surface area contributed by atoms with Crippen LogP contribution in [0.1, 0.15) is 19.6 Å². The Morgan fingerprint density at radius 2 is 2.05 bits per heavy atom. The molecule has 16 heteroatoms. The number of ether oxygens (including phenoxy) is 6. The molecule has 212 valence electrons. The van der Waals surface area contributed by atoms with Gasteiger partial charge in [0.2, 0.25) is 5.79 Å². The van der Waals surface area contributed by atoms with Gasteiger partial charge in [-0.1, -0.05) is 6.08 Å². The molecule has 3 aliphatic rings. The number of rotatable bonds is 6. The zero-order chi connectivity index (χ0) is 28.1. The number of methoxy groups -OCH3 is 2. The lowest BCUT2D eigenvalue weighted by Crippen LogP contribution is -2.73. The molecule has 0 radical (unpaired) electrons. The number of hydrogen-bond acceptors (Lipinski definition) is 15. The summed E-state index contributed by atoms with van der Waals surface area (Å²) in [6.07, 6.45) is -6.01. The van der Waals surface area contributed by atoms with Crippen LogP contribution in [0.4, 0.5) is 5.82 Å². The molecule has 0 aromatic carbocycles. The van der Waals surface area contributed by atoms with Crippen LogP contribution in [0.25, 0.3) is 11.2 Å². The third-order valence-electron chi connectivity index (χ3n) is 7.24. The van der Waals surface area contributed by atoms with E-state index in [1.54, 1.807) is 4.57 Å². The number of hydrogen-bond donors (Lipinski definition) is 4. The van der Waals surface area contributed by atoms with Crippen LogP contribution in [0.15, 0.2) is 24.3 Å². The molecular formula is C23H29N5O11. The van der Waals surface area contributed by atoms with Crippen LogP contribution >= 0.6 is 0 Å². The van der Waals surface area contributed by atoms with Gasteiger partial charge in [-0.05, 0) is 6.92 Å². The first-order valence-electron chi connectivity index (χ1n) is 12.1. The second-order valence-electron chi connectivity index (χ2n) is 9.28. The lowest BCUT2D eigenvalue weighted by Gasteiger charge is -2.52. The summed E-state index contributed by atoms with van der Waals surface area (Å²) in [5, 5.41) is 32.3. The van der Waals surface area contributed by atoms with Crippen molar-refractivity contribution in [3.8, 4) is 0 Å². The normalized spacial score (nSPS) is 36.3. The van der Waals surface area contributed by atoms with Crippen molar-refractivity contribution in [1.82, 2.24) is 19.5 Å². The van der Waals surface area contributed by atoms with Crippen molar-refractivity contribution in [2.24, 2.45) is 0 Å². The first-order chi connectivity index (χ1) is 18.7. The van der Waals surface area contributed by atoms with Gasteiger partial charge in [-0.15, -0.1) is 0 Å². The first kappa shape index (κ1) is 27.3. The van der Waals surface area contributed by atoms with E-state index in [2.05, 4.69) is 15.0 Å². The average molecular weight is 552 g/mol. The number of imidazole rings is 1. The van der Waals surface area contributed by atoms with Crippen molar-refractivity contribution in [3.05, 3.63) is 24.3 Å². The van der Waals surface area contributed by atoms with Crippen molar-refractivity contribution in [2.45, 2.75) is 68.1 Å². The number of aromatic nitrogens is 4. The van der Waals surface area contributed by atoms with Crippen molar-refractivity contribution >= 4 is 28.9 Å². The van der Waals surface area contributed by atoms with Gasteiger partial charge in [0.05, 0.1) is 31.7 Å². The maximum absolute atomic E-state index is 12.7. The number of aliphatic hydroxyl groups excluding tert-OH is 2. The highest BCUT2D eigenvalue weighted by Crippen LogP contribution is 2.47. The SMILES string of the molecule is CC=C(CO)C(=O)O[C@H]1[C@H](O)[C@@H](C(=O)OC)O[C@@H]2C[C@H]3O[C@@H](n4cnc5c(N)ncnc54)[C@H](OC)[C@H]3O[C@]21O. The van der Waals surface area contributed by atoms with E-state index < -0.39 is 73.3 Å². The molecule has 2 aromatic rings. The average Bonchev–Trinajstić information content (AvgIpc) is 3.51. The molecule has 3 fully saturated rings. The predicted molar refractivity (Wildman–Crippen MR) is 126 cm³/mol. The van der Waals surface area contributed by atoms with Gasteiger partial charge in [-0.25, -0.2) is 24.5 Å². The van der Waals surface area contributed by atoms with Crippen LogP contribution in [0.2, 0.25) is 0 Å². The Labute approximate surface area is 221 Å². The summed E-state index contributed by atoms with van der Waals surface area (Å²) >= 11 is 0. The van der Waals surface area contributed by atoms with Gasteiger partial charge in [0.15, 0.2) is 29.9 Å². The van der Waals surface area contributed by atoms with E-state index in [0.29, 0.717) is 11.2 Å². The van der Waals surface area contributed by atoms with Gasteiger partial charge in [0.25, 0.3) is 0 Å². The number of allylic oxidation sites excluding steroid dienone is 1. The Balaban J connectivity index is 1.50. The molecule has 5 heterocycles. The van der Waals surface area contributed by atoms with Gasteiger partial charge < -0.3 is 49.5 Å². The van der Waals surface area contributed by atoms with Gasteiger partial charge >= 0.3 is 11.9 Å². The maximum Gasteiger partial charge on any atom is 0.337 e. The minimum atomic E-state index is -2.44. The summed E-state index contributed by atoms with van der Waals surface area (Å²) in [6, 6.07) is 0. The molecule has 5 rings (SSSR count). The fourth-order valence-corrected chi connectivity index (χ4v) is 5.24. The Morgan fingerprint density at radius 3 is 2.72 bits per heavy atom. The minimum Gasteiger partial charge on any atom is -0.467 e. The van der Waals surface area contributed by atoms with Crippen molar-refractivity contribution in [3.63, 3.8) is 0 Å². The first-order valence-corrected chi connectivity index (χ1v) is 12.1. The maximum atomic E-state index is 12.7. The molecule has 0 amide bonds. The van der Waals surface area contributed by atoms with Gasteiger partial charge in [0, 0.05) is 13.5 Å². The highest BCUT2D eigenvalue weighted by Gasteiger charge is 2.67. The second-order valence-corrected chi connectivity index (χ2v) is 9.28. The largest absolute Gasteiger partial charge is 0.467 e. The van der Waals surface area contributed by atoms with Crippen LogP contribution in [0, 0.1) is 0 Å². The highest BCUT2D eigenvalue weighted by atomic mass is 16.7. The molecule has 3 saturated heterocycles. The molecule has 0 unspecified atom stereocenters. The third-order valence-corrected chi connectivity index (χ3v) is 7.24. The molecule has 0 aliphatic carbocycles. The molecule has 0 bridgehead atoms. The van der Waals surface area contributed by atoms with E-state index in [0.717, 1.165) is 7.11 Å². The number of aliphatic hydroxyl groups is 3. The number of carbonyl (C=O) groups is 2. The Morgan fingerprint density at radius 1 is 1.28 bits per heavy atom. The summed E-state index contributed by atoms with van der Waals surface area (Å²) in [5.41, 5.74) is 6.50. The number of nitrogen functional groups attached to an aromatic ring is 1. The molecule has 9 atom stereocenters. The topological polar surface area (TPSA) is 220 Å². The van der Waals surface area contributed by atoms with Crippen molar-refractivity contribution in [2.75, 3.05) is 26.6 Å². The predicted octanol–water partition coefficient (Wildman–Crippen LogP) is -2.05. The Hall–Kier alpha value is -3.25. The lowest BCUT2D eigenvalue weighted by molar-refractivity contribution is -0.397. The summed E-state index contributed by atoms with van der Waals surface area (Å²) in [7, 11) is 2.51. The van der Waals surface area contributed by atoms with Gasteiger partial charge in [-0.2, -0.15) is 0 Å². The summed E-state index contributed by atoms with van der Waals surface area (Å²) in [4.78, 5) is 37.6. The van der Waals surface area contributed by atoms with E-state index in [9.17, 15) is 24.9 Å². The molecule has 0 spiro atoms. The number of fused-ring (bicyclic) bond motifs is 3. The molecule has 3 aliphatic heterocycles. The quantitative estimate of drug-likeness (QED) is 0.224. The fourth-order valence-electron chi connectivity index (χ4n) is 5.24. The van der Waals surface area contributed by atoms with E-state index in [-0.39, 0.29) is 17.8 Å². The highest BCUT2D eigenvalue weighted by molar-refractivity contribution is 5.89. The minimum absolute atomic E-state index is 0.0496. The third kappa shape index (κ3) is 4.33. The zero-order valence-electron chi connectivity index (χ0n) is 21.2. The second kappa shape index (κ2) is 10.4. The summed E-state index contributed by atoms with van der Waals surface area (Å²) < 4.78 is 35.5. The zero-order valence-corrected chi connectivity index (χ0v) is 21.2. The number of carbonyl (C=O) groups excluding carboxylic acids is 2. The van der Waals surface area contributed by atoms with Crippen molar-refractivity contribution < 1.29 is 53.3 Å². The van der Waals surface area contributed by atoms with E-state index in [4.69, 9.17) is 34.2 Å². The number of anilines is 1. The van der Waals surface area contributed by atoms with Crippen LogP contribution in [-0.4, -0.2) is 116 Å².